The molecule has 0 fully saturated rings. The zero-order chi connectivity index (χ0) is 53.7. The van der Waals surface area contributed by atoms with Gasteiger partial charge in [0.1, 0.15) is 17.0 Å². The smallest absolute Gasteiger partial charge is 0.307 e. The van der Waals surface area contributed by atoms with Crippen molar-refractivity contribution in [2.24, 2.45) is 22.1 Å². The van der Waals surface area contributed by atoms with E-state index >= 15 is 0 Å². The van der Waals surface area contributed by atoms with Gasteiger partial charge in [0.25, 0.3) is 0 Å². The lowest BCUT2D eigenvalue weighted by atomic mass is 10.0. The maximum Gasteiger partial charge on any atom is 0.307 e. The molecule has 0 aliphatic carbocycles. The second-order valence-corrected chi connectivity index (χ2v) is 20.9. The number of carbonyl (C=O) groups is 4. The molecule has 2 rings (SSSR count). The summed E-state index contributed by atoms with van der Waals surface area (Å²) in [5.74, 6) is -4.82. The first kappa shape index (κ1) is 62.7. The van der Waals surface area contributed by atoms with Crippen LogP contribution in [0.5, 0.6) is 0 Å². The van der Waals surface area contributed by atoms with Crippen LogP contribution in [0.1, 0.15) is 180 Å². The Kier molecular flexibility index (Phi) is 29.0. The number of carboxylic acids is 2. The van der Waals surface area contributed by atoms with Gasteiger partial charge in [-0.15, -0.1) is 21.6 Å². The topological polar surface area (TPSA) is 221 Å². The van der Waals surface area contributed by atoms with E-state index in [2.05, 4.69) is 55.0 Å². The summed E-state index contributed by atoms with van der Waals surface area (Å²) in [4.78, 5) is 51.7. The number of esters is 2. The quantitative estimate of drug-likeness (QED) is 0.0279. The van der Waals surface area contributed by atoms with Gasteiger partial charge in [0.05, 0.1) is 60.3 Å². The van der Waals surface area contributed by atoms with Gasteiger partial charge in [0.15, 0.2) is 5.00 Å². The number of azo groups is 1. The third-order valence-corrected chi connectivity index (χ3v) is 13.7. The second kappa shape index (κ2) is 33.3. The van der Waals surface area contributed by atoms with Crippen molar-refractivity contribution in [1.29, 1.82) is 10.5 Å². The minimum Gasteiger partial charge on any atom is -0.481 e. The number of aliphatic carboxylic acids is 2. The van der Waals surface area contributed by atoms with E-state index in [1.54, 1.807) is 6.92 Å². The zero-order valence-corrected chi connectivity index (χ0v) is 45.6. The highest BCUT2D eigenvalue weighted by Crippen LogP contribution is 2.37. The van der Waals surface area contributed by atoms with Crippen LogP contribution in [0.3, 0.4) is 0 Å². The number of thiophene rings is 1. The number of rotatable bonds is 37. The normalized spacial score (nSPS) is 13.7. The van der Waals surface area contributed by atoms with Crippen molar-refractivity contribution < 1.29 is 48.3 Å². The Morgan fingerprint density at radius 1 is 0.722 bits per heavy atom. The van der Waals surface area contributed by atoms with Crippen LogP contribution in [0.25, 0.3) is 0 Å². The molecular weight excluding hydrogens is 935 g/mol. The first-order chi connectivity index (χ1) is 34.2. The molecule has 16 heteroatoms. The number of anilines is 1. The summed E-state index contributed by atoms with van der Waals surface area (Å²) in [6, 6.07) is 10.1. The van der Waals surface area contributed by atoms with E-state index in [1.807, 2.05) is 77.1 Å². The molecule has 2 N–H and O–H groups in total. The van der Waals surface area contributed by atoms with Gasteiger partial charge in [-0.05, 0) is 136 Å². The molecule has 0 aliphatic heterocycles. The zero-order valence-electron chi connectivity index (χ0n) is 44.8. The Bertz CT molecular complexity index is 2100. The molecule has 4 unspecified atom stereocenters. The van der Waals surface area contributed by atoms with Crippen molar-refractivity contribution in [3.8, 4) is 12.1 Å². The van der Waals surface area contributed by atoms with E-state index in [1.165, 1.54) is 0 Å². The highest BCUT2D eigenvalue weighted by Gasteiger charge is 2.28. The first-order valence-electron chi connectivity index (χ1n) is 25.8. The molecule has 0 saturated heterocycles. The van der Waals surface area contributed by atoms with Crippen LogP contribution in [-0.2, 0) is 38.1 Å². The monoisotopic (exact) mass is 1020 g/mol. The van der Waals surface area contributed by atoms with Gasteiger partial charge in [0, 0.05) is 43.8 Å². The van der Waals surface area contributed by atoms with Gasteiger partial charge in [-0.2, -0.15) is 10.5 Å². The molecule has 2 aromatic rings. The Balaban J connectivity index is 2.12. The summed E-state index contributed by atoms with van der Waals surface area (Å²) < 4.78 is 23.7. The van der Waals surface area contributed by atoms with Crippen LogP contribution in [0.4, 0.5) is 16.4 Å². The SMILES string of the molecule is CCCCC/C=C/CC(CC(=O)OCCC(C)(C)OCCC(C)N(c1ccc(N=Nc2sc(C#N)c(C)c2C#N)c(C)c1)C(C)CCOC(C)(C)CCOC(=O)CC(C/C=C/CCCCC)C(=O)O)C(=O)O. The van der Waals surface area contributed by atoms with E-state index in [0.717, 1.165) is 74.0 Å². The Morgan fingerprint density at radius 3 is 1.62 bits per heavy atom. The molecule has 0 amide bonds. The number of ether oxygens (including phenoxy) is 4. The summed E-state index contributed by atoms with van der Waals surface area (Å²) in [6.45, 7) is 20.9. The van der Waals surface area contributed by atoms with Gasteiger partial charge in [-0.1, -0.05) is 63.8 Å². The number of nitriles is 2. The average molecular weight is 1020 g/mol. The molecule has 72 heavy (non-hydrogen) atoms. The molecule has 0 radical (unpaired) electrons. The maximum atomic E-state index is 12.7. The lowest BCUT2D eigenvalue weighted by Gasteiger charge is -2.38. The third kappa shape index (κ3) is 23.9. The van der Waals surface area contributed by atoms with Crippen molar-refractivity contribution >= 4 is 51.6 Å². The van der Waals surface area contributed by atoms with Crippen molar-refractivity contribution in [2.45, 2.75) is 195 Å². The largest absolute Gasteiger partial charge is 0.481 e. The molecule has 398 valence electrons. The van der Waals surface area contributed by atoms with Crippen molar-refractivity contribution in [2.75, 3.05) is 31.3 Å². The third-order valence-electron chi connectivity index (χ3n) is 12.7. The van der Waals surface area contributed by atoms with Gasteiger partial charge in [0.2, 0.25) is 0 Å². The minimum atomic E-state index is -1.02. The van der Waals surface area contributed by atoms with E-state index in [0.29, 0.717) is 65.6 Å². The average Bonchev–Trinajstić information content (AvgIpc) is 3.63. The lowest BCUT2D eigenvalue weighted by molar-refractivity contribution is -0.152. The molecular formula is C56H83N5O10S. The molecule has 0 aliphatic rings. The van der Waals surface area contributed by atoms with Crippen molar-refractivity contribution in [3.63, 3.8) is 0 Å². The second-order valence-electron chi connectivity index (χ2n) is 19.9. The van der Waals surface area contributed by atoms with Gasteiger partial charge in [-0.3, -0.25) is 19.2 Å². The van der Waals surface area contributed by atoms with Crippen LogP contribution in [0, 0.1) is 48.3 Å². The van der Waals surface area contributed by atoms with Crippen LogP contribution in [0.2, 0.25) is 0 Å². The number of nitrogens with zero attached hydrogens (tertiary/aromatic N) is 5. The summed E-state index contributed by atoms with van der Waals surface area (Å²) >= 11 is 1.13. The van der Waals surface area contributed by atoms with Crippen LogP contribution in [0.15, 0.2) is 52.7 Å². The molecule has 1 heterocycles. The van der Waals surface area contributed by atoms with Crippen LogP contribution >= 0.6 is 11.3 Å². The van der Waals surface area contributed by atoms with Gasteiger partial charge >= 0.3 is 23.9 Å². The molecule has 0 spiro atoms. The Labute approximate surface area is 433 Å². The van der Waals surface area contributed by atoms with Crippen molar-refractivity contribution in [3.05, 3.63) is 64.1 Å². The summed E-state index contributed by atoms with van der Waals surface area (Å²) in [5, 5.41) is 47.8. The Hall–Kier alpha value is -5.42. The lowest BCUT2D eigenvalue weighted by Crippen LogP contribution is -2.42. The van der Waals surface area contributed by atoms with Gasteiger partial charge < -0.3 is 34.1 Å². The van der Waals surface area contributed by atoms with E-state index in [-0.39, 0.29) is 51.0 Å². The Morgan fingerprint density at radius 2 is 1.21 bits per heavy atom. The number of benzene rings is 1. The predicted octanol–water partition coefficient (Wildman–Crippen LogP) is 13.6. The highest BCUT2D eigenvalue weighted by atomic mass is 32.1. The number of unbranched alkanes of at least 4 members (excludes halogenated alkanes) is 6. The van der Waals surface area contributed by atoms with E-state index < -0.39 is 46.9 Å². The number of aryl methyl sites for hydroxylation is 1. The molecule has 15 nitrogen and oxygen atoms in total. The van der Waals surface area contributed by atoms with E-state index in [9.17, 15) is 39.9 Å². The summed E-state index contributed by atoms with van der Waals surface area (Å²) in [5.41, 5.74) is 2.07. The molecule has 0 bridgehead atoms. The number of carboxylic acid groups (broad SMARTS) is 2. The van der Waals surface area contributed by atoms with Crippen molar-refractivity contribution in [1.82, 2.24) is 0 Å². The minimum absolute atomic E-state index is 0.0237. The predicted molar refractivity (Wildman–Crippen MR) is 283 cm³/mol. The summed E-state index contributed by atoms with van der Waals surface area (Å²) in [6.07, 6.45) is 18.3. The summed E-state index contributed by atoms with van der Waals surface area (Å²) in [7, 11) is 0. The van der Waals surface area contributed by atoms with Gasteiger partial charge in [-0.25, -0.2) is 0 Å². The fourth-order valence-electron chi connectivity index (χ4n) is 7.86. The molecule has 1 aromatic heterocycles. The first-order valence-corrected chi connectivity index (χ1v) is 26.6. The molecule has 0 saturated carbocycles. The number of hydrogen-bond donors (Lipinski definition) is 2. The fraction of sp³-hybridized carbons (Fsp3) is 0.643. The molecule has 1 aromatic carbocycles. The highest BCUT2D eigenvalue weighted by molar-refractivity contribution is 7.16. The van der Waals surface area contributed by atoms with Crippen LogP contribution in [-0.4, -0.2) is 83.8 Å². The maximum absolute atomic E-state index is 12.7. The van der Waals surface area contributed by atoms with Crippen LogP contribution < -0.4 is 4.90 Å². The number of allylic oxidation sites excluding steroid dienone is 4. The standard InChI is InChI=1S/C56H83N5O10S/c1-11-13-15-17-19-21-23-44(53(64)65)36-50(62)68-33-29-55(7,8)70-31-27-41(4)61(46-25-26-48(40(3)35-46)59-60-52-47(38-57)43(6)49(39-58)72-52)42(5)28-32-71-56(9,10)30-34-69-51(63)37-45(54(66)67)24-22-20-18-16-14-12-2/h19-22,25-26,35,41-42,44-45H,11-18,23-24,27-34,36-37H2,1-10H3,(H,64,65)(H,66,67)/b21-19+,22-20+,60-59?. The van der Waals surface area contributed by atoms with E-state index in [4.69, 9.17) is 18.9 Å². The fourth-order valence-corrected chi connectivity index (χ4v) is 8.74. The molecule has 4 atom stereocenters. The number of hydrogen-bond acceptors (Lipinski definition) is 14. The number of carbonyl (C=O) groups excluding carboxylic acids is 2.